The number of rotatable bonds is 3. The molecular weight excluding hydrogens is 400 g/mol. The van der Waals surface area contributed by atoms with Gasteiger partial charge >= 0.3 is 0 Å². The monoisotopic (exact) mass is 417 g/mol. The van der Waals surface area contributed by atoms with E-state index in [0.29, 0.717) is 11.0 Å². The zero-order valence-corrected chi connectivity index (χ0v) is 16.9. The summed E-state index contributed by atoms with van der Waals surface area (Å²) < 4.78 is 15.6. The van der Waals surface area contributed by atoms with Gasteiger partial charge in [-0.3, -0.25) is 4.79 Å². The van der Waals surface area contributed by atoms with Gasteiger partial charge in [0.25, 0.3) is 5.56 Å². The Balaban J connectivity index is 1.81. The summed E-state index contributed by atoms with van der Waals surface area (Å²) in [4.78, 5) is 16.3. The second-order valence-electron chi connectivity index (χ2n) is 7.05. The summed E-state index contributed by atoms with van der Waals surface area (Å²) in [5.41, 5.74) is 4.17. The van der Waals surface area contributed by atoms with Gasteiger partial charge in [-0.25, -0.2) is 4.39 Å². The van der Waals surface area contributed by atoms with Crippen LogP contribution in [0.2, 0.25) is 10.0 Å². The van der Waals surface area contributed by atoms with E-state index in [2.05, 4.69) is 10.3 Å². The molecule has 1 atom stereocenters. The highest BCUT2D eigenvalue weighted by Crippen LogP contribution is 2.36. The van der Waals surface area contributed by atoms with E-state index in [1.807, 2.05) is 30.5 Å². The second-order valence-corrected chi connectivity index (χ2v) is 7.86. The van der Waals surface area contributed by atoms with Gasteiger partial charge in [0.2, 0.25) is 5.95 Å². The fourth-order valence-corrected chi connectivity index (χ4v) is 4.06. The van der Waals surface area contributed by atoms with E-state index in [1.54, 1.807) is 18.2 Å². The van der Waals surface area contributed by atoms with Gasteiger partial charge in [-0.05, 0) is 67.6 Å². The van der Waals surface area contributed by atoms with Crippen LogP contribution in [0.1, 0.15) is 34.8 Å². The van der Waals surface area contributed by atoms with Crippen molar-refractivity contribution in [2.75, 3.05) is 5.32 Å². The van der Waals surface area contributed by atoms with E-state index in [1.165, 1.54) is 6.07 Å². The van der Waals surface area contributed by atoms with Crippen LogP contribution >= 0.6 is 23.2 Å². The van der Waals surface area contributed by atoms with Crippen molar-refractivity contribution in [3.05, 3.63) is 85.0 Å². The third kappa shape index (κ3) is 3.40. The van der Waals surface area contributed by atoms with Crippen LogP contribution in [0.15, 0.2) is 41.2 Å². The molecule has 0 bridgehead atoms. The topological polar surface area (TPSA) is 46.9 Å². The Morgan fingerprint density at radius 2 is 1.89 bits per heavy atom. The maximum atomic E-state index is 13.6. The summed E-state index contributed by atoms with van der Waals surface area (Å²) in [6, 6.07) is 10.0. The number of nitrogens with zero attached hydrogens (tertiary/aromatic N) is 2. The Bertz CT molecular complexity index is 1140. The molecule has 28 heavy (non-hydrogen) atoms. The van der Waals surface area contributed by atoms with E-state index < -0.39 is 5.82 Å². The Morgan fingerprint density at radius 1 is 1.11 bits per heavy atom. The number of benzene rings is 2. The van der Waals surface area contributed by atoms with E-state index in [0.717, 1.165) is 40.9 Å². The summed E-state index contributed by atoms with van der Waals surface area (Å²) in [5, 5.41) is 4.06. The van der Waals surface area contributed by atoms with Crippen molar-refractivity contribution in [2.45, 2.75) is 32.7 Å². The largest absolute Gasteiger partial charge is 0.325 e. The Labute approximate surface area is 171 Å². The number of hydrogen-bond acceptors (Lipinski definition) is 3. The first-order chi connectivity index (χ1) is 13.3. The molecule has 1 N–H and O–H groups in total. The average molecular weight is 418 g/mol. The van der Waals surface area contributed by atoms with Crippen molar-refractivity contribution in [1.29, 1.82) is 0 Å². The number of halogens is 3. The molecule has 0 amide bonds. The molecule has 4 nitrogen and oxygen atoms in total. The zero-order valence-electron chi connectivity index (χ0n) is 15.4. The Hall–Kier alpha value is -2.37. The molecule has 1 unspecified atom stereocenters. The van der Waals surface area contributed by atoms with Crippen LogP contribution in [0.25, 0.3) is 0 Å². The van der Waals surface area contributed by atoms with Gasteiger partial charge in [0, 0.05) is 22.5 Å². The first-order valence-electron chi connectivity index (χ1n) is 8.94. The summed E-state index contributed by atoms with van der Waals surface area (Å²) in [6.45, 7) is 3.86. The molecule has 1 aliphatic heterocycles. The first kappa shape index (κ1) is 19.0. The predicted octanol–water partition coefficient (Wildman–Crippen LogP) is 5.59. The Morgan fingerprint density at radius 3 is 2.64 bits per heavy atom. The van der Waals surface area contributed by atoms with Crippen molar-refractivity contribution >= 4 is 34.8 Å². The molecule has 3 aromatic rings. The van der Waals surface area contributed by atoms with Crippen LogP contribution in [0.5, 0.6) is 0 Å². The second kappa shape index (κ2) is 7.22. The molecule has 2 aromatic carbocycles. The summed E-state index contributed by atoms with van der Waals surface area (Å²) >= 11 is 12.2. The van der Waals surface area contributed by atoms with E-state index in [9.17, 15) is 9.18 Å². The minimum Gasteiger partial charge on any atom is -0.325 e. The van der Waals surface area contributed by atoms with Crippen LogP contribution in [-0.4, -0.2) is 9.55 Å². The first-order valence-corrected chi connectivity index (χ1v) is 9.70. The van der Waals surface area contributed by atoms with Crippen LogP contribution in [0.3, 0.4) is 0 Å². The van der Waals surface area contributed by atoms with Crippen LogP contribution in [0.4, 0.5) is 16.0 Å². The fourth-order valence-electron chi connectivity index (χ4n) is 3.65. The Kier molecular flexibility index (Phi) is 4.89. The third-order valence-electron chi connectivity index (χ3n) is 5.11. The summed E-state index contributed by atoms with van der Waals surface area (Å²) in [6.07, 6.45) is 1.51. The number of aryl methyl sites for hydroxylation is 3. The molecule has 0 saturated carbocycles. The number of aromatic nitrogens is 2. The SMILES string of the molecule is Cc1cc(Nc2nc(=O)cc3n2C(c2ccc(F)c(Cl)c2)CC3)c(C)cc1Cl. The fraction of sp³-hybridized carbons (Fsp3) is 0.238. The highest BCUT2D eigenvalue weighted by molar-refractivity contribution is 6.31. The lowest BCUT2D eigenvalue weighted by Crippen LogP contribution is -2.19. The molecule has 1 aromatic heterocycles. The van der Waals surface area contributed by atoms with Crippen molar-refractivity contribution < 1.29 is 4.39 Å². The minimum atomic E-state index is -0.452. The standard InChI is InChI=1S/C21H18Cl2FN3O/c1-11-8-18(12(2)7-15(11)22)25-21-26-20(28)10-14-4-6-19(27(14)21)13-3-5-17(24)16(23)9-13/h3,5,7-10,19H,4,6H2,1-2H3,(H,25,26,28). The van der Waals surface area contributed by atoms with Gasteiger partial charge in [0.05, 0.1) is 11.1 Å². The molecule has 7 heteroatoms. The van der Waals surface area contributed by atoms with Gasteiger partial charge in [-0.2, -0.15) is 4.98 Å². The van der Waals surface area contributed by atoms with Crippen molar-refractivity contribution in [3.8, 4) is 0 Å². The normalized spacial score (nSPS) is 15.5. The number of fused-ring (bicyclic) bond motifs is 1. The smallest absolute Gasteiger partial charge is 0.274 e. The molecular formula is C21H18Cl2FN3O. The molecule has 0 saturated heterocycles. The molecule has 0 fully saturated rings. The van der Waals surface area contributed by atoms with E-state index >= 15 is 0 Å². The van der Waals surface area contributed by atoms with Crippen molar-refractivity contribution in [1.82, 2.24) is 9.55 Å². The van der Waals surface area contributed by atoms with Crippen molar-refractivity contribution in [3.63, 3.8) is 0 Å². The molecule has 0 spiro atoms. The van der Waals surface area contributed by atoms with E-state index in [4.69, 9.17) is 23.2 Å². The molecule has 4 rings (SSSR count). The van der Waals surface area contributed by atoms with Crippen LogP contribution in [-0.2, 0) is 6.42 Å². The van der Waals surface area contributed by atoms with Gasteiger partial charge in [0.1, 0.15) is 5.82 Å². The minimum absolute atomic E-state index is 0.0821. The lowest BCUT2D eigenvalue weighted by molar-refractivity contribution is 0.604. The summed E-state index contributed by atoms with van der Waals surface area (Å²) in [5.74, 6) is 0.00236. The lowest BCUT2D eigenvalue weighted by atomic mass is 10.0. The third-order valence-corrected chi connectivity index (χ3v) is 5.81. The van der Waals surface area contributed by atoms with Gasteiger partial charge in [-0.1, -0.05) is 29.3 Å². The summed E-state index contributed by atoms with van der Waals surface area (Å²) in [7, 11) is 0. The number of nitrogens with one attached hydrogen (secondary N) is 1. The number of hydrogen-bond donors (Lipinski definition) is 1. The highest BCUT2D eigenvalue weighted by Gasteiger charge is 2.27. The zero-order chi connectivity index (χ0) is 20.0. The molecule has 1 aliphatic rings. The molecule has 0 aliphatic carbocycles. The maximum absolute atomic E-state index is 13.6. The number of anilines is 2. The average Bonchev–Trinajstić information content (AvgIpc) is 3.06. The van der Waals surface area contributed by atoms with Gasteiger partial charge in [0.15, 0.2) is 0 Å². The quantitative estimate of drug-likeness (QED) is 0.604. The highest BCUT2D eigenvalue weighted by atomic mass is 35.5. The van der Waals surface area contributed by atoms with E-state index in [-0.39, 0.29) is 16.6 Å². The van der Waals surface area contributed by atoms with Crippen LogP contribution < -0.4 is 10.9 Å². The van der Waals surface area contributed by atoms with Gasteiger partial charge < -0.3 is 9.88 Å². The molecule has 2 heterocycles. The predicted molar refractivity (Wildman–Crippen MR) is 111 cm³/mol. The maximum Gasteiger partial charge on any atom is 0.274 e. The lowest BCUT2D eigenvalue weighted by Gasteiger charge is -2.21. The molecule has 144 valence electrons. The molecule has 0 radical (unpaired) electrons. The van der Waals surface area contributed by atoms with Crippen molar-refractivity contribution in [2.24, 2.45) is 0 Å². The van der Waals surface area contributed by atoms with Crippen LogP contribution in [0, 0.1) is 19.7 Å². The van der Waals surface area contributed by atoms with Gasteiger partial charge in [-0.15, -0.1) is 0 Å².